The molecular formula is C16H21N3O4. The van der Waals surface area contributed by atoms with Gasteiger partial charge in [0.05, 0.1) is 5.41 Å². The van der Waals surface area contributed by atoms with E-state index in [4.69, 9.17) is 4.52 Å². The maximum Gasteiger partial charge on any atom is 0.235 e. The number of nitrogens with zero attached hydrogens (tertiary/aromatic N) is 2. The van der Waals surface area contributed by atoms with Crippen LogP contribution in [0, 0.1) is 12.3 Å². The molecule has 0 aromatic carbocycles. The molecule has 3 amide bonds. The fourth-order valence-electron chi connectivity index (χ4n) is 3.55. The van der Waals surface area contributed by atoms with Crippen molar-refractivity contribution in [1.82, 2.24) is 10.1 Å². The van der Waals surface area contributed by atoms with Crippen LogP contribution in [0.25, 0.3) is 0 Å². The summed E-state index contributed by atoms with van der Waals surface area (Å²) < 4.78 is 4.87. The van der Waals surface area contributed by atoms with Gasteiger partial charge in [-0.3, -0.25) is 19.3 Å². The van der Waals surface area contributed by atoms with Gasteiger partial charge in [-0.05, 0) is 19.8 Å². The van der Waals surface area contributed by atoms with Crippen LogP contribution in [0.5, 0.6) is 0 Å². The van der Waals surface area contributed by atoms with Crippen LogP contribution in [0.2, 0.25) is 0 Å². The van der Waals surface area contributed by atoms with Crippen LogP contribution in [0.3, 0.4) is 0 Å². The highest BCUT2D eigenvalue weighted by atomic mass is 16.5. The van der Waals surface area contributed by atoms with Crippen molar-refractivity contribution in [3.05, 3.63) is 11.8 Å². The van der Waals surface area contributed by atoms with Crippen LogP contribution >= 0.6 is 0 Å². The normalized spacial score (nSPS) is 20.3. The quantitative estimate of drug-likeness (QED) is 0.857. The van der Waals surface area contributed by atoms with E-state index in [0.717, 1.165) is 32.1 Å². The molecule has 0 bridgehead atoms. The van der Waals surface area contributed by atoms with Crippen molar-refractivity contribution in [2.24, 2.45) is 5.41 Å². The Balaban J connectivity index is 1.56. The summed E-state index contributed by atoms with van der Waals surface area (Å²) in [4.78, 5) is 38.0. The molecule has 2 fully saturated rings. The number of carbonyl (C=O) groups excluding carboxylic acids is 3. The molecule has 0 unspecified atom stereocenters. The maximum atomic E-state index is 12.6. The zero-order valence-corrected chi connectivity index (χ0v) is 13.3. The third-order valence-corrected chi connectivity index (χ3v) is 4.76. The summed E-state index contributed by atoms with van der Waals surface area (Å²) in [6.07, 6.45) is 5.08. The molecule has 1 saturated carbocycles. The van der Waals surface area contributed by atoms with Crippen molar-refractivity contribution in [1.29, 1.82) is 0 Å². The largest absolute Gasteiger partial charge is 0.360 e. The van der Waals surface area contributed by atoms with E-state index in [9.17, 15) is 14.4 Å². The third-order valence-electron chi connectivity index (χ3n) is 4.76. The first-order valence-corrected chi connectivity index (χ1v) is 8.08. The average Bonchev–Trinajstić information content (AvgIpc) is 3.01. The molecule has 1 aromatic rings. The zero-order chi connectivity index (χ0) is 16.4. The van der Waals surface area contributed by atoms with Gasteiger partial charge in [-0.15, -0.1) is 0 Å². The van der Waals surface area contributed by atoms with Gasteiger partial charge < -0.3 is 9.84 Å². The summed E-state index contributed by atoms with van der Waals surface area (Å²) in [6.45, 7) is 1.86. The number of amides is 3. The molecule has 2 aliphatic rings. The maximum absolute atomic E-state index is 12.6. The molecule has 2 heterocycles. The van der Waals surface area contributed by atoms with E-state index in [1.54, 1.807) is 13.0 Å². The molecule has 1 aliphatic heterocycles. The highest BCUT2D eigenvalue weighted by molar-refractivity contribution is 6.06. The molecule has 7 heteroatoms. The number of rotatable bonds is 4. The number of aryl methyl sites for hydroxylation is 1. The van der Waals surface area contributed by atoms with Gasteiger partial charge in [0.1, 0.15) is 5.76 Å². The van der Waals surface area contributed by atoms with Gasteiger partial charge in [-0.2, -0.15) is 0 Å². The minimum Gasteiger partial charge on any atom is -0.360 e. The number of hydrogen-bond donors (Lipinski definition) is 1. The van der Waals surface area contributed by atoms with E-state index in [0.29, 0.717) is 18.0 Å². The molecule has 1 saturated heterocycles. The van der Waals surface area contributed by atoms with Gasteiger partial charge in [-0.1, -0.05) is 24.4 Å². The van der Waals surface area contributed by atoms with Crippen LogP contribution in [0.15, 0.2) is 10.6 Å². The molecule has 23 heavy (non-hydrogen) atoms. The Kier molecular flexibility index (Phi) is 4.19. The number of anilines is 1. The first-order chi connectivity index (χ1) is 11.0. The fraction of sp³-hybridized carbons (Fsp3) is 0.625. The van der Waals surface area contributed by atoms with E-state index in [-0.39, 0.29) is 30.7 Å². The first-order valence-electron chi connectivity index (χ1n) is 8.08. The second kappa shape index (κ2) is 6.14. The first kappa shape index (κ1) is 15.7. The SMILES string of the molecule is Cc1cc(NC(=O)CCN2C(=O)CC3(CCCCC3)C2=O)no1. The Labute approximate surface area is 134 Å². The molecule has 1 N–H and O–H groups in total. The van der Waals surface area contributed by atoms with Crippen LogP contribution in [-0.2, 0) is 14.4 Å². The lowest BCUT2D eigenvalue weighted by Crippen LogP contribution is -2.38. The van der Waals surface area contributed by atoms with Gasteiger partial charge in [0, 0.05) is 25.5 Å². The highest BCUT2D eigenvalue weighted by Crippen LogP contribution is 2.45. The lowest BCUT2D eigenvalue weighted by Gasteiger charge is -2.30. The zero-order valence-electron chi connectivity index (χ0n) is 13.3. The second-order valence-corrected chi connectivity index (χ2v) is 6.49. The predicted molar refractivity (Wildman–Crippen MR) is 81.3 cm³/mol. The number of aromatic nitrogens is 1. The molecule has 0 radical (unpaired) electrons. The minimum atomic E-state index is -0.491. The summed E-state index contributed by atoms with van der Waals surface area (Å²) in [5.41, 5.74) is -0.491. The van der Waals surface area contributed by atoms with Gasteiger partial charge in [0.25, 0.3) is 0 Å². The van der Waals surface area contributed by atoms with Crippen LogP contribution in [-0.4, -0.2) is 34.3 Å². The Morgan fingerprint density at radius 2 is 2.09 bits per heavy atom. The molecule has 1 aromatic heterocycles. The van der Waals surface area contributed by atoms with Crippen molar-refractivity contribution in [2.45, 2.75) is 51.9 Å². The van der Waals surface area contributed by atoms with E-state index in [2.05, 4.69) is 10.5 Å². The number of nitrogens with one attached hydrogen (secondary N) is 1. The van der Waals surface area contributed by atoms with Gasteiger partial charge in [-0.25, -0.2) is 0 Å². The lowest BCUT2D eigenvalue weighted by atomic mass is 9.73. The number of hydrogen-bond acceptors (Lipinski definition) is 5. The Hall–Kier alpha value is -2.18. The van der Waals surface area contributed by atoms with Gasteiger partial charge in [0.2, 0.25) is 17.7 Å². The van der Waals surface area contributed by atoms with Gasteiger partial charge in [0.15, 0.2) is 5.82 Å². The van der Waals surface area contributed by atoms with E-state index < -0.39 is 5.41 Å². The Bertz CT molecular complexity index is 631. The molecule has 1 aliphatic carbocycles. The molecule has 3 rings (SSSR count). The molecule has 124 valence electrons. The summed E-state index contributed by atoms with van der Waals surface area (Å²) in [5.74, 6) is 0.414. The molecule has 1 spiro atoms. The van der Waals surface area contributed by atoms with Crippen molar-refractivity contribution in [3.63, 3.8) is 0 Å². The topological polar surface area (TPSA) is 92.5 Å². The van der Waals surface area contributed by atoms with E-state index in [1.165, 1.54) is 4.90 Å². The number of imide groups is 1. The van der Waals surface area contributed by atoms with Crippen molar-refractivity contribution in [3.8, 4) is 0 Å². The smallest absolute Gasteiger partial charge is 0.235 e. The predicted octanol–water partition coefficient (Wildman–Crippen LogP) is 2.02. The summed E-state index contributed by atoms with van der Waals surface area (Å²) in [6, 6.07) is 1.61. The van der Waals surface area contributed by atoms with Crippen LogP contribution < -0.4 is 5.32 Å². The fourth-order valence-corrected chi connectivity index (χ4v) is 3.55. The van der Waals surface area contributed by atoms with Gasteiger partial charge >= 0.3 is 0 Å². The summed E-state index contributed by atoms with van der Waals surface area (Å²) >= 11 is 0. The molecular weight excluding hydrogens is 298 g/mol. The summed E-state index contributed by atoms with van der Waals surface area (Å²) in [5, 5.41) is 6.27. The van der Waals surface area contributed by atoms with Crippen LogP contribution in [0.4, 0.5) is 5.82 Å². The standard InChI is InChI=1S/C16H21N3O4/c1-11-9-12(18-23-11)17-13(20)5-8-19-14(21)10-16(15(19)22)6-3-2-4-7-16/h9H,2-8,10H2,1H3,(H,17,18,20). The Morgan fingerprint density at radius 3 is 2.74 bits per heavy atom. The monoisotopic (exact) mass is 319 g/mol. The summed E-state index contributed by atoms with van der Waals surface area (Å²) in [7, 11) is 0. The van der Waals surface area contributed by atoms with Crippen molar-refractivity contribution in [2.75, 3.05) is 11.9 Å². The number of carbonyl (C=O) groups is 3. The minimum absolute atomic E-state index is 0.0689. The van der Waals surface area contributed by atoms with E-state index in [1.807, 2.05) is 0 Å². The van der Waals surface area contributed by atoms with Crippen molar-refractivity contribution >= 4 is 23.5 Å². The average molecular weight is 319 g/mol. The number of likely N-dealkylation sites (tertiary alicyclic amines) is 1. The lowest BCUT2D eigenvalue weighted by molar-refractivity contribution is -0.142. The Morgan fingerprint density at radius 1 is 1.35 bits per heavy atom. The van der Waals surface area contributed by atoms with Crippen LogP contribution in [0.1, 0.15) is 50.7 Å². The van der Waals surface area contributed by atoms with E-state index >= 15 is 0 Å². The second-order valence-electron chi connectivity index (χ2n) is 6.49. The molecule has 0 atom stereocenters. The molecule has 7 nitrogen and oxygen atoms in total. The highest BCUT2D eigenvalue weighted by Gasteiger charge is 2.51. The third kappa shape index (κ3) is 3.13. The van der Waals surface area contributed by atoms with Crippen molar-refractivity contribution < 1.29 is 18.9 Å².